The van der Waals surface area contributed by atoms with Crippen LogP contribution in [0.2, 0.25) is 0 Å². The van der Waals surface area contributed by atoms with E-state index in [9.17, 15) is 4.79 Å². The average molecular weight is 227 g/mol. The zero-order valence-electron chi connectivity index (χ0n) is 9.44. The van der Waals surface area contributed by atoms with Crippen LogP contribution in [0.25, 0.3) is 11.0 Å². The predicted molar refractivity (Wildman–Crippen MR) is 64.8 cm³/mol. The van der Waals surface area contributed by atoms with E-state index in [1.165, 1.54) is 12.8 Å². The van der Waals surface area contributed by atoms with Crippen LogP contribution in [0.4, 0.5) is 0 Å². The van der Waals surface area contributed by atoms with Crippen molar-refractivity contribution in [2.24, 2.45) is 0 Å². The number of nitriles is 1. The largest absolute Gasteiger partial charge is 0.326 e. The minimum absolute atomic E-state index is 0.0537. The Morgan fingerprint density at radius 2 is 2.12 bits per heavy atom. The molecule has 1 N–H and O–H groups in total. The van der Waals surface area contributed by atoms with Gasteiger partial charge in [0.1, 0.15) is 0 Å². The van der Waals surface area contributed by atoms with Crippen LogP contribution < -0.4 is 5.69 Å². The highest BCUT2D eigenvalue weighted by Crippen LogP contribution is 2.30. The lowest BCUT2D eigenvalue weighted by molar-refractivity contribution is 0.518. The topological polar surface area (TPSA) is 61.6 Å². The van der Waals surface area contributed by atoms with Gasteiger partial charge in [-0.25, -0.2) is 4.79 Å². The van der Waals surface area contributed by atoms with Crippen LogP contribution >= 0.6 is 0 Å². The first-order valence-electron chi connectivity index (χ1n) is 5.94. The smallest absolute Gasteiger partial charge is 0.305 e. The SMILES string of the molecule is N#Cc1ccc2c(c1)[nH]c(=O)n2C1CCCC1. The summed E-state index contributed by atoms with van der Waals surface area (Å²) in [6.45, 7) is 0. The molecule has 1 aliphatic rings. The Hall–Kier alpha value is -2.02. The van der Waals surface area contributed by atoms with Gasteiger partial charge in [-0.3, -0.25) is 4.57 Å². The molecule has 1 fully saturated rings. The van der Waals surface area contributed by atoms with Gasteiger partial charge in [0, 0.05) is 6.04 Å². The van der Waals surface area contributed by atoms with E-state index in [0.29, 0.717) is 11.6 Å². The highest BCUT2D eigenvalue weighted by atomic mass is 16.1. The highest BCUT2D eigenvalue weighted by molar-refractivity contribution is 5.77. The van der Waals surface area contributed by atoms with Crippen molar-refractivity contribution in [3.05, 3.63) is 34.2 Å². The molecular formula is C13H13N3O. The number of rotatable bonds is 1. The van der Waals surface area contributed by atoms with Gasteiger partial charge >= 0.3 is 5.69 Å². The normalized spacial score (nSPS) is 16.4. The molecule has 0 radical (unpaired) electrons. The van der Waals surface area contributed by atoms with Gasteiger partial charge in [0.2, 0.25) is 0 Å². The molecule has 0 bridgehead atoms. The number of hydrogen-bond donors (Lipinski definition) is 1. The van der Waals surface area contributed by atoms with Gasteiger partial charge in [-0.1, -0.05) is 12.8 Å². The first-order chi connectivity index (χ1) is 8.29. The Labute approximate surface area is 98.5 Å². The fourth-order valence-corrected chi connectivity index (χ4v) is 2.73. The molecule has 86 valence electrons. The molecule has 0 spiro atoms. The lowest BCUT2D eigenvalue weighted by Gasteiger charge is -2.10. The lowest BCUT2D eigenvalue weighted by Crippen LogP contribution is -2.20. The molecule has 1 heterocycles. The van der Waals surface area contributed by atoms with E-state index >= 15 is 0 Å². The Morgan fingerprint density at radius 3 is 2.82 bits per heavy atom. The van der Waals surface area contributed by atoms with Gasteiger partial charge in [-0.05, 0) is 31.0 Å². The van der Waals surface area contributed by atoms with Gasteiger partial charge in [-0.2, -0.15) is 5.26 Å². The summed E-state index contributed by atoms with van der Waals surface area (Å²) in [7, 11) is 0. The number of fused-ring (bicyclic) bond motifs is 1. The molecule has 0 amide bonds. The number of aromatic nitrogens is 2. The van der Waals surface area contributed by atoms with Crippen LogP contribution in [-0.2, 0) is 0 Å². The van der Waals surface area contributed by atoms with Crippen molar-refractivity contribution in [1.29, 1.82) is 5.26 Å². The summed E-state index contributed by atoms with van der Waals surface area (Å²) < 4.78 is 1.85. The number of H-pyrrole nitrogens is 1. The highest BCUT2D eigenvalue weighted by Gasteiger charge is 2.20. The Morgan fingerprint density at radius 1 is 1.35 bits per heavy atom. The summed E-state index contributed by atoms with van der Waals surface area (Å²) in [6, 6.07) is 7.78. The van der Waals surface area contributed by atoms with E-state index in [0.717, 1.165) is 23.9 Å². The second-order valence-electron chi connectivity index (χ2n) is 4.58. The Bertz CT molecular complexity index is 653. The number of imidazole rings is 1. The molecule has 0 saturated heterocycles. The van der Waals surface area contributed by atoms with E-state index in [-0.39, 0.29) is 5.69 Å². The van der Waals surface area contributed by atoms with Crippen molar-refractivity contribution in [2.45, 2.75) is 31.7 Å². The Kier molecular flexibility index (Phi) is 2.25. The first kappa shape index (κ1) is 10.2. The van der Waals surface area contributed by atoms with Crippen LogP contribution in [0.3, 0.4) is 0 Å². The van der Waals surface area contributed by atoms with Crippen LogP contribution in [0.5, 0.6) is 0 Å². The second kappa shape index (κ2) is 3.77. The number of aromatic amines is 1. The molecule has 4 nitrogen and oxygen atoms in total. The minimum Gasteiger partial charge on any atom is -0.305 e. The molecule has 4 heteroatoms. The fraction of sp³-hybridized carbons (Fsp3) is 0.385. The van der Waals surface area contributed by atoms with Crippen molar-refractivity contribution in [3.63, 3.8) is 0 Å². The van der Waals surface area contributed by atoms with Crippen molar-refractivity contribution < 1.29 is 0 Å². The van der Waals surface area contributed by atoms with Crippen molar-refractivity contribution in [3.8, 4) is 6.07 Å². The lowest BCUT2D eigenvalue weighted by atomic mass is 10.2. The summed E-state index contributed by atoms with van der Waals surface area (Å²) in [5, 5.41) is 8.84. The maximum atomic E-state index is 11.9. The van der Waals surface area contributed by atoms with Gasteiger partial charge in [0.15, 0.2) is 0 Å². The van der Waals surface area contributed by atoms with E-state index in [2.05, 4.69) is 11.1 Å². The van der Waals surface area contributed by atoms with Crippen LogP contribution in [0.15, 0.2) is 23.0 Å². The summed E-state index contributed by atoms with van der Waals surface area (Å²) in [5.41, 5.74) is 2.21. The molecule has 0 aliphatic heterocycles. The van der Waals surface area contributed by atoms with Crippen LogP contribution in [-0.4, -0.2) is 9.55 Å². The van der Waals surface area contributed by atoms with Gasteiger partial charge in [-0.15, -0.1) is 0 Å². The van der Waals surface area contributed by atoms with Gasteiger partial charge < -0.3 is 4.98 Å². The molecule has 1 aromatic heterocycles. The zero-order valence-corrected chi connectivity index (χ0v) is 9.44. The molecule has 2 aromatic rings. The standard InChI is InChI=1S/C13H13N3O/c14-8-9-5-6-12-11(7-9)15-13(17)16(12)10-3-1-2-4-10/h5-7,10H,1-4H2,(H,15,17). The van der Waals surface area contributed by atoms with Crippen molar-refractivity contribution in [1.82, 2.24) is 9.55 Å². The molecular weight excluding hydrogens is 214 g/mol. The molecule has 3 rings (SSSR count). The number of nitrogens with one attached hydrogen (secondary N) is 1. The first-order valence-corrected chi connectivity index (χ1v) is 5.94. The molecule has 17 heavy (non-hydrogen) atoms. The van der Waals surface area contributed by atoms with E-state index in [1.807, 2.05) is 10.6 Å². The van der Waals surface area contributed by atoms with Crippen LogP contribution in [0.1, 0.15) is 37.3 Å². The molecule has 0 atom stereocenters. The van der Waals surface area contributed by atoms with E-state index < -0.39 is 0 Å². The maximum Gasteiger partial charge on any atom is 0.326 e. The maximum absolute atomic E-state index is 11.9. The quantitative estimate of drug-likeness (QED) is 0.812. The minimum atomic E-state index is -0.0537. The Balaban J connectivity index is 2.21. The number of nitrogens with zero attached hydrogens (tertiary/aromatic N) is 2. The predicted octanol–water partition coefficient (Wildman–Crippen LogP) is 2.32. The summed E-state index contributed by atoms with van der Waals surface area (Å²) in [5.74, 6) is 0. The third-order valence-electron chi connectivity index (χ3n) is 3.54. The van der Waals surface area contributed by atoms with Crippen molar-refractivity contribution >= 4 is 11.0 Å². The van der Waals surface area contributed by atoms with E-state index in [4.69, 9.17) is 5.26 Å². The van der Waals surface area contributed by atoms with Gasteiger partial charge in [0.05, 0.1) is 22.7 Å². The third kappa shape index (κ3) is 1.55. The summed E-state index contributed by atoms with van der Waals surface area (Å²) in [4.78, 5) is 14.8. The zero-order chi connectivity index (χ0) is 11.8. The number of benzene rings is 1. The molecule has 0 unspecified atom stereocenters. The van der Waals surface area contributed by atoms with Crippen molar-refractivity contribution in [2.75, 3.05) is 0 Å². The monoisotopic (exact) mass is 227 g/mol. The van der Waals surface area contributed by atoms with E-state index in [1.54, 1.807) is 12.1 Å². The summed E-state index contributed by atoms with van der Waals surface area (Å²) in [6.07, 6.45) is 4.54. The average Bonchev–Trinajstić information content (AvgIpc) is 2.93. The van der Waals surface area contributed by atoms with Gasteiger partial charge in [0.25, 0.3) is 0 Å². The second-order valence-corrected chi connectivity index (χ2v) is 4.58. The molecule has 1 aromatic carbocycles. The molecule has 1 saturated carbocycles. The fourth-order valence-electron chi connectivity index (χ4n) is 2.73. The molecule has 1 aliphatic carbocycles. The number of hydrogen-bond acceptors (Lipinski definition) is 2. The summed E-state index contributed by atoms with van der Waals surface area (Å²) >= 11 is 0. The third-order valence-corrected chi connectivity index (χ3v) is 3.54. The van der Waals surface area contributed by atoms with Crippen LogP contribution in [0, 0.1) is 11.3 Å².